The number of carboxylic acid groups (broad SMARTS) is 1. The lowest BCUT2D eigenvalue weighted by Gasteiger charge is -2.50. The lowest BCUT2D eigenvalue weighted by atomic mass is 9.74. The number of rotatable bonds is 9. The first-order valence-corrected chi connectivity index (χ1v) is 10.9. The summed E-state index contributed by atoms with van der Waals surface area (Å²) in [6.45, 7) is 3.72. The van der Waals surface area contributed by atoms with Crippen LogP contribution < -0.4 is 5.32 Å². The van der Waals surface area contributed by atoms with E-state index in [-0.39, 0.29) is 30.4 Å². The first kappa shape index (κ1) is 22.3. The normalized spacial score (nSPS) is 24.9. The zero-order chi connectivity index (χ0) is 21.7. The van der Waals surface area contributed by atoms with Crippen LogP contribution in [0.25, 0.3) is 0 Å². The van der Waals surface area contributed by atoms with Gasteiger partial charge in [0.2, 0.25) is 5.91 Å². The molecule has 2 N–H and O–H groups in total. The zero-order valence-electron chi connectivity index (χ0n) is 17.8. The quantitative estimate of drug-likeness (QED) is 0.600. The zero-order valence-corrected chi connectivity index (χ0v) is 17.8. The fourth-order valence-electron chi connectivity index (χ4n) is 4.85. The van der Waals surface area contributed by atoms with Crippen molar-refractivity contribution in [2.24, 2.45) is 5.92 Å². The van der Waals surface area contributed by atoms with Gasteiger partial charge in [-0.15, -0.1) is 0 Å². The molecule has 1 unspecified atom stereocenters. The number of fused-ring (bicyclic) bond motifs is 3. The molecular formula is C23H32N2O5. The average Bonchev–Trinajstić information content (AvgIpc) is 2.76. The van der Waals surface area contributed by atoms with Gasteiger partial charge < -0.3 is 14.7 Å². The Morgan fingerprint density at radius 2 is 1.83 bits per heavy atom. The number of carboxylic acids is 1. The Labute approximate surface area is 177 Å². The highest BCUT2D eigenvalue weighted by Crippen LogP contribution is 2.40. The number of aliphatic carboxylic acids is 1. The van der Waals surface area contributed by atoms with Crippen molar-refractivity contribution in [2.45, 2.75) is 76.5 Å². The topological polar surface area (TPSA) is 95.9 Å². The minimum Gasteiger partial charge on any atom is -0.480 e. The molecule has 7 heteroatoms. The van der Waals surface area contributed by atoms with E-state index in [1.165, 1.54) is 0 Å². The maximum absolute atomic E-state index is 13.2. The molecule has 30 heavy (non-hydrogen) atoms. The highest BCUT2D eigenvalue weighted by molar-refractivity contribution is 5.88. The molecule has 3 fully saturated rings. The van der Waals surface area contributed by atoms with Gasteiger partial charge in [0.15, 0.2) is 0 Å². The van der Waals surface area contributed by atoms with Crippen LogP contribution in [0.2, 0.25) is 0 Å². The van der Waals surface area contributed by atoms with Crippen LogP contribution in [0.4, 0.5) is 0 Å². The minimum absolute atomic E-state index is 0.0163. The second-order valence-electron chi connectivity index (χ2n) is 8.31. The number of esters is 1. The Kier molecular flexibility index (Phi) is 7.48. The summed E-state index contributed by atoms with van der Waals surface area (Å²) < 4.78 is 5.21. The molecule has 0 spiro atoms. The van der Waals surface area contributed by atoms with Crippen LogP contribution in [0.3, 0.4) is 0 Å². The summed E-state index contributed by atoms with van der Waals surface area (Å²) in [5.74, 6) is -1.55. The summed E-state index contributed by atoms with van der Waals surface area (Å²) in [5, 5.41) is 12.9. The molecule has 4 rings (SSSR count). The van der Waals surface area contributed by atoms with Crippen LogP contribution in [-0.4, -0.2) is 58.6 Å². The van der Waals surface area contributed by atoms with Gasteiger partial charge in [0.05, 0.1) is 12.6 Å². The van der Waals surface area contributed by atoms with Crippen LogP contribution in [-0.2, 0) is 25.5 Å². The smallest absolute Gasteiger partial charge is 0.326 e. The number of carbonyl (C=O) groups excluding carboxylic acids is 2. The van der Waals surface area contributed by atoms with Crippen molar-refractivity contribution in [3.63, 3.8) is 0 Å². The number of hydrogen-bond donors (Lipinski definition) is 2. The molecule has 2 aliphatic heterocycles. The molecule has 1 aliphatic carbocycles. The summed E-state index contributed by atoms with van der Waals surface area (Å²) in [5.41, 5.74) is 1.10. The van der Waals surface area contributed by atoms with Gasteiger partial charge in [-0.25, -0.2) is 4.79 Å². The van der Waals surface area contributed by atoms with E-state index in [1.54, 1.807) is 18.7 Å². The third-order valence-corrected chi connectivity index (χ3v) is 6.35. The molecule has 1 saturated carbocycles. The maximum atomic E-state index is 13.2. The molecule has 0 aromatic heterocycles. The van der Waals surface area contributed by atoms with Crippen LogP contribution in [0, 0.1) is 5.92 Å². The number of amides is 1. The number of benzene rings is 1. The Hall–Kier alpha value is -2.41. The molecular weight excluding hydrogens is 384 g/mol. The van der Waals surface area contributed by atoms with Crippen molar-refractivity contribution in [3.8, 4) is 0 Å². The first-order chi connectivity index (χ1) is 14.4. The van der Waals surface area contributed by atoms with Gasteiger partial charge in [0.25, 0.3) is 0 Å². The molecule has 3 atom stereocenters. The van der Waals surface area contributed by atoms with Crippen molar-refractivity contribution in [1.82, 2.24) is 10.2 Å². The number of ether oxygens (including phenoxy) is 1. The van der Waals surface area contributed by atoms with Crippen molar-refractivity contribution in [2.75, 3.05) is 6.61 Å². The standard InChI is InChI=1S/C23H32N2O5/c1-3-30-23(29)19(14-9-16-7-5-4-6-8-16)24-15(2)21(26)25-18-12-10-17(11-13-18)20(25)22(27)28/h4-8,15,17-20,24H,3,9-14H2,1-2H3,(H,27,28)/t15-,17?,18?,19?,20+/m1/s1. The molecule has 1 amide bonds. The number of hydrogen-bond acceptors (Lipinski definition) is 5. The van der Waals surface area contributed by atoms with Crippen molar-refractivity contribution in [3.05, 3.63) is 35.9 Å². The SMILES string of the molecule is CCOC(=O)C(CCc1ccccc1)N[C@H](C)C(=O)N1C2CCC(CC2)[C@H]1C(=O)O. The second kappa shape index (κ2) is 10.1. The molecule has 7 nitrogen and oxygen atoms in total. The minimum atomic E-state index is -0.934. The van der Waals surface area contributed by atoms with Gasteiger partial charge in [0, 0.05) is 6.04 Å². The van der Waals surface area contributed by atoms with Gasteiger partial charge in [0.1, 0.15) is 12.1 Å². The van der Waals surface area contributed by atoms with Gasteiger partial charge in [-0.05, 0) is 63.9 Å². The molecule has 1 aromatic rings. The molecule has 2 saturated heterocycles. The van der Waals surface area contributed by atoms with Gasteiger partial charge >= 0.3 is 11.9 Å². The van der Waals surface area contributed by atoms with E-state index in [9.17, 15) is 19.5 Å². The van der Waals surface area contributed by atoms with Crippen LogP contribution in [0.1, 0.15) is 51.5 Å². The van der Waals surface area contributed by atoms with Crippen LogP contribution >= 0.6 is 0 Å². The van der Waals surface area contributed by atoms with Gasteiger partial charge in [-0.2, -0.15) is 0 Å². The Morgan fingerprint density at radius 3 is 2.43 bits per heavy atom. The third kappa shape index (κ3) is 5.01. The van der Waals surface area contributed by atoms with E-state index in [1.807, 2.05) is 30.3 Å². The summed E-state index contributed by atoms with van der Waals surface area (Å²) >= 11 is 0. The lowest BCUT2D eigenvalue weighted by molar-refractivity contribution is -0.164. The fourth-order valence-corrected chi connectivity index (χ4v) is 4.85. The fraction of sp³-hybridized carbons (Fsp3) is 0.609. The number of piperidine rings is 2. The van der Waals surface area contributed by atoms with E-state index < -0.39 is 24.1 Å². The summed E-state index contributed by atoms with van der Waals surface area (Å²) in [4.78, 5) is 39.2. The largest absolute Gasteiger partial charge is 0.480 e. The van der Waals surface area contributed by atoms with Crippen LogP contribution in [0.15, 0.2) is 30.3 Å². The number of aryl methyl sites for hydroxylation is 1. The molecule has 164 valence electrons. The molecule has 2 heterocycles. The summed E-state index contributed by atoms with van der Waals surface area (Å²) in [6.07, 6.45) is 4.58. The lowest BCUT2D eigenvalue weighted by Crippen LogP contribution is -2.64. The Balaban J connectivity index is 1.69. The molecule has 2 bridgehead atoms. The molecule has 3 aliphatic rings. The number of carbonyl (C=O) groups is 3. The number of nitrogens with one attached hydrogen (secondary N) is 1. The van der Waals surface area contributed by atoms with Gasteiger partial charge in [-0.3, -0.25) is 14.9 Å². The van der Waals surface area contributed by atoms with Crippen LogP contribution in [0.5, 0.6) is 0 Å². The molecule has 1 aromatic carbocycles. The van der Waals surface area contributed by atoms with E-state index >= 15 is 0 Å². The first-order valence-electron chi connectivity index (χ1n) is 10.9. The number of nitrogens with zero attached hydrogens (tertiary/aromatic N) is 1. The summed E-state index contributed by atoms with van der Waals surface area (Å²) in [7, 11) is 0. The molecule has 0 radical (unpaired) electrons. The third-order valence-electron chi connectivity index (χ3n) is 6.35. The predicted molar refractivity (Wildman–Crippen MR) is 112 cm³/mol. The van der Waals surface area contributed by atoms with E-state index in [4.69, 9.17) is 4.74 Å². The second-order valence-corrected chi connectivity index (χ2v) is 8.31. The van der Waals surface area contributed by atoms with E-state index in [0.29, 0.717) is 12.8 Å². The highest BCUT2D eigenvalue weighted by atomic mass is 16.5. The predicted octanol–water partition coefficient (Wildman–Crippen LogP) is 2.38. The monoisotopic (exact) mass is 416 g/mol. The summed E-state index contributed by atoms with van der Waals surface area (Å²) in [6, 6.07) is 7.74. The van der Waals surface area contributed by atoms with E-state index in [0.717, 1.165) is 31.2 Å². The Morgan fingerprint density at radius 1 is 1.17 bits per heavy atom. The van der Waals surface area contributed by atoms with Crippen molar-refractivity contribution < 1.29 is 24.2 Å². The average molecular weight is 417 g/mol. The highest BCUT2D eigenvalue weighted by Gasteiger charge is 2.48. The van der Waals surface area contributed by atoms with E-state index in [2.05, 4.69) is 5.32 Å². The van der Waals surface area contributed by atoms with Crippen molar-refractivity contribution >= 4 is 17.8 Å². The van der Waals surface area contributed by atoms with Gasteiger partial charge in [-0.1, -0.05) is 30.3 Å². The van der Waals surface area contributed by atoms with Crippen molar-refractivity contribution in [1.29, 1.82) is 0 Å². The maximum Gasteiger partial charge on any atom is 0.326 e. The Bertz CT molecular complexity index is 745.